The number of rotatable bonds is 8. The number of nitro benzene ring substituents is 1. The van der Waals surface area contributed by atoms with Gasteiger partial charge in [0.15, 0.2) is 19.5 Å². The molecule has 1 aliphatic heterocycles. The standard InChI is InChI=1S/C24H34N6O5Si/c1-7-17-18(35-36(5,6)24(2,3)4)12-19(34-17)29-14-26-20-21(29)27-23(28-22(20)31)25-13-15-10-8-9-11-16(15)30(32)33/h8-11,14,17-19H,7,12-13H2,1-6H3,(H2,25,27,28,31)/t17-,18-,19-/m1/s1. The van der Waals surface area contributed by atoms with Crippen LogP contribution in [0, 0.1) is 10.1 Å². The van der Waals surface area contributed by atoms with Crippen molar-refractivity contribution in [3.8, 4) is 0 Å². The smallest absolute Gasteiger partial charge is 0.280 e. The number of hydrogen-bond donors (Lipinski definition) is 2. The lowest BCUT2D eigenvalue weighted by Gasteiger charge is -2.39. The number of anilines is 1. The van der Waals surface area contributed by atoms with Gasteiger partial charge in [-0.15, -0.1) is 0 Å². The first kappa shape index (κ1) is 26.0. The molecule has 0 bridgehead atoms. The summed E-state index contributed by atoms with van der Waals surface area (Å²) in [4.78, 5) is 35.1. The first-order valence-electron chi connectivity index (χ1n) is 12.2. The molecule has 1 fully saturated rings. The second kappa shape index (κ2) is 9.75. The average Bonchev–Trinajstić information content (AvgIpc) is 3.40. The monoisotopic (exact) mass is 514 g/mol. The number of aromatic nitrogens is 4. The molecule has 194 valence electrons. The second-order valence-corrected chi connectivity index (χ2v) is 15.4. The van der Waals surface area contributed by atoms with Crippen molar-refractivity contribution in [2.75, 3.05) is 5.32 Å². The minimum atomic E-state index is -2.00. The molecular weight excluding hydrogens is 480 g/mol. The summed E-state index contributed by atoms with van der Waals surface area (Å²) in [7, 11) is -2.00. The van der Waals surface area contributed by atoms with Crippen molar-refractivity contribution in [3.05, 3.63) is 56.6 Å². The van der Waals surface area contributed by atoms with Crippen LogP contribution >= 0.6 is 0 Å². The fourth-order valence-electron chi connectivity index (χ4n) is 4.15. The number of benzene rings is 1. The van der Waals surface area contributed by atoms with Crippen molar-refractivity contribution in [1.82, 2.24) is 19.5 Å². The maximum Gasteiger partial charge on any atom is 0.280 e. The van der Waals surface area contributed by atoms with Crippen LogP contribution in [-0.2, 0) is 15.7 Å². The van der Waals surface area contributed by atoms with E-state index in [2.05, 4.69) is 61.1 Å². The number of nitrogens with one attached hydrogen (secondary N) is 2. The van der Waals surface area contributed by atoms with E-state index < -0.39 is 18.8 Å². The molecule has 0 unspecified atom stereocenters. The van der Waals surface area contributed by atoms with Gasteiger partial charge in [-0.05, 0) is 24.6 Å². The molecule has 1 aliphatic rings. The van der Waals surface area contributed by atoms with Crippen LogP contribution in [0.4, 0.5) is 11.6 Å². The lowest BCUT2D eigenvalue weighted by Crippen LogP contribution is -2.45. The Balaban J connectivity index is 1.59. The molecule has 1 aromatic carbocycles. The highest BCUT2D eigenvalue weighted by atomic mass is 28.4. The maximum atomic E-state index is 12.7. The van der Waals surface area contributed by atoms with Gasteiger partial charge in [-0.2, -0.15) is 4.98 Å². The molecule has 0 aliphatic carbocycles. The van der Waals surface area contributed by atoms with Gasteiger partial charge in [0.2, 0.25) is 5.95 Å². The van der Waals surface area contributed by atoms with Crippen LogP contribution in [0.3, 0.4) is 0 Å². The van der Waals surface area contributed by atoms with Gasteiger partial charge >= 0.3 is 0 Å². The zero-order valence-corrected chi connectivity index (χ0v) is 22.6. The van der Waals surface area contributed by atoms with Crippen molar-refractivity contribution in [3.63, 3.8) is 0 Å². The predicted molar refractivity (Wildman–Crippen MR) is 139 cm³/mol. The van der Waals surface area contributed by atoms with E-state index in [9.17, 15) is 14.9 Å². The number of aromatic amines is 1. The number of imidazole rings is 1. The molecule has 11 nitrogen and oxygen atoms in total. The minimum absolute atomic E-state index is 0.00352. The third-order valence-corrected chi connectivity index (χ3v) is 11.7. The normalized spacial score (nSPS) is 20.7. The van der Waals surface area contributed by atoms with E-state index in [1.807, 2.05) is 0 Å². The van der Waals surface area contributed by atoms with Crippen LogP contribution in [0.25, 0.3) is 11.2 Å². The molecule has 1 saturated heterocycles. The topological polar surface area (TPSA) is 137 Å². The van der Waals surface area contributed by atoms with Crippen LogP contribution in [0.5, 0.6) is 0 Å². The van der Waals surface area contributed by atoms with Crippen LogP contribution < -0.4 is 10.9 Å². The lowest BCUT2D eigenvalue weighted by molar-refractivity contribution is -0.385. The Labute approximate surface area is 210 Å². The van der Waals surface area contributed by atoms with Gasteiger partial charge in [0.25, 0.3) is 11.2 Å². The Morgan fingerprint density at radius 1 is 1.33 bits per heavy atom. The summed E-state index contributed by atoms with van der Waals surface area (Å²) in [5.74, 6) is 0.200. The summed E-state index contributed by atoms with van der Waals surface area (Å²) < 4.78 is 14.8. The van der Waals surface area contributed by atoms with Crippen molar-refractivity contribution in [1.29, 1.82) is 0 Å². The number of hydrogen-bond acceptors (Lipinski definition) is 8. The van der Waals surface area contributed by atoms with E-state index >= 15 is 0 Å². The first-order chi connectivity index (χ1) is 16.9. The minimum Gasteiger partial charge on any atom is -0.411 e. The number of nitrogens with zero attached hydrogens (tertiary/aromatic N) is 4. The zero-order chi connectivity index (χ0) is 26.3. The molecule has 12 heteroatoms. The van der Waals surface area contributed by atoms with Gasteiger partial charge in [-0.3, -0.25) is 24.5 Å². The van der Waals surface area contributed by atoms with Crippen LogP contribution in [0.2, 0.25) is 18.1 Å². The van der Waals surface area contributed by atoms with Crippen LogP contribution in [-0.4, -0.2) is 45.0 Å². The largest absolute Gasteiger partial charge is 0.411 e. The highest BCUT2D eigenvalue weighted by Gasteiger charge is 2.44. The molecule has 0 radical (unpaired) electrons. The van der Waals surface area contributed by atoms with Crippen molar-refractivity contribution < 1.29 is 14.1 Å². The number of para-hydroxylation sites is 1. The zero-order valence-electron chi connectivity index (χ0n) is 21.6. The molecular formula is C24H34N6O5Si. The Morgan fingerprint density at radius 3 is 2.72 bits per heavy atom. The van der Waals surface area contributed by atoms with E-state index in [-0.39, 0.29) is 47.2 Å². The Hall–Kier alpha value is -3.09. The Kier molecular flexibility index (Phi) is 7.04. The van der Waals surface area contributed by atoms with Crippen molar-refractivity contribution in [2.24, 2.45) is 0 Å². The lowest BCUT2D eigenvalue weighted by atomic mass is 10.1. The summed E-state index contributed by atoms with van der Waals surface area (Å²) in [5.41, 5.74) is 0.668. The van der Waals surface area contributed by atoms with Gasteiger partial charge in [0.05, 0.1) is 23.5 Å². The molecule has 2 aromatic heterocycles. The fraction of sp³-hybridized carbons (Fsp3) is 0.542. The summed E-state index contributed by atoms with van der Waals surface area (Å²) in [5, 5.41) is 14.4. The summed E-state index contributed by atoms with van der Waals surface area (Å²) in [6, 6.07) is 6.43. The number of ether oxygens (including phenoxy) is 1. The molecule has 3 heterocycles. The van der Waals surface area contributed by atoms with Crippen LogP contribution in [0.15, 0.2) is 35.4 Å². The molecule has 3 atom stereocenters. The number of nitro groups is 1. The van der Waals surface area contributed by atoms with Crippen LogP contribution in [0.1, 0.15) is 52.3 Å². The van der Waals surface area contributed by atoms with E-state index in [0.717, 1.165) is 6.42 Å². The van der Waals surface area contributed by atoms with Gasteiger partial charge in [0, 0.05) is 24.6 Å². The summed E-state index contributed by atoms with van der Waals surface area (Å²) in [6.45, 7) is 13.3. The highest BCUT2D eigenvalue weighted by molar-refractivity contribution is 6.74. The fourth-order valence-corrected chi connectivity index (χ4v) is 5.51. The van der Waals surface area contributed by atoms with E-state index in [1.165, 1.54) is 6.07 Å². The van der Waals surface area contributed by atoms with E-state index in [0.29, 0.717) is 17.6 Å². The maximum absolute atomic E-state index is 12.7. The first-order valence-corrected chi connectivity index (χ1v) is 15.1. The summed E-state index contributed by atoms with van der Waals surface area (Å²) in [6.07, 6.45) is 2.51. The average molecular weight is 515 g/mol. The highest BCUT2D eigenvalue weighted by Crippen LogP contribution is 2.42. The molecule has 4 rings (SSSR count). The van der Waals surface area contributed by atoms with E-state index in [1.54, 1.807) is 29.1 Å². The molecule has 0 amide bonds. The van der Waals surface area contributed by atoms with E-state index in [4.69, 9.17) is 9.16 Å². The van der Waals surface area contributed by atoms with Gasteiger partial charge < -0.3 is 14.5 Å². The number of H-pyrrole nitrogens is 1. The Morgan fingerprint density at radius 2 is 2.06 bits per heavy atom. The molecule has 0 saturated carbocycles. The SMILES string of the molecule is CC[C@H]1O[C@@H](n2cnc3c(=O)[nH]c(NCc4ccccc4[N+](=O)[O-])nc32)C[C@H]1O[Si](C)(C)C(C)(C)C. The molecule has 36 heavy (non-hydrogen) atoms. The molecule has 0 spiro atoms. The van der Waals surface area contributed by atoms with Gasteiger partial charge in [-0.25, -0.2) is 4.98 Å². The number of fused-ring (bicyclic) bond motifs is 1. The third kappa shape index (κ3) is 5.06. The van der Waals surface area contributed by atoms with Crippen molar-refractivity contribution >= 4 is 31.1 Å². The Bertz CT molecular complexity index is 1310. The third-order valence-electron chi connectivity index (χ3n) is 7.21. The molecule has 3 aromatic rings. The molecule has 2 N–H and O–H groups in total. The van der Waals surface area contributed by atoms with Gasteiger partial charge in [0.1, 0.15) is 6.23 Å². The van der Waals surface area contributed by atoms with Gasteiger partial charge in [-0.1, -0.05) is 45.9 Å². The van der Waals surface area contributed by atoms with Crippen molar-refractivity contribution in [2.45, 2.75) is 83.6 Å². The quantitative estimate of drug-likeness (QED) is 0.250. The summed E-state index contributed by atoms with van der Waals surface area (Å²) >= 11 is 0. The predicted octanol–water partition coefficient (Wildman–Crippen LogP) is 4.73. The second-order valence-electron chi connectivity index (χ2n) is 10.7.